The third-order valence-electron chi connectivity index (χ3n) is 2.76. The summed E-state index contributed by atoms with van der Waals surface area (Å²) >= 11 is 0. The number of aliphatic imine (C=N–C) groups is 1. The Kier molecular flexibility index (Phi) is 5.23. The summed E-state index contributed by atoms with van der Waals surface area (Å²) in [5.74, 6) is 1.72. The van der Waals surface area contributed by atoms with E-state index in [9.17, 15) is 0 Å². The molecule has 0 unspecified atom stereocenters. The number of nitrogens with one attached hydrogen (secondary N) is 2. The van der Waals surface area contributed by atoms with Crippen LogP contribution in [0.2, 0.25) is 0 Å². The molecule has 2 rings (SSSR count). The summed E-state index contributed by atoms with van der Waals surface area (Å²) in [6.45, 7) is 4.58. The summed E-state index contributed by atoms with van der Waals surface area (Å²) in [7, 11) is 1.78. The molecule has 1 saturated carbocycles. The van der Waals surface area contributed by atoms with Gasteiger partial charge in [-0.15, -0.1) is 24.0 Å². The summed E-state index contributed by atoms with van der Waals surface area (Å²) < 4.78 is 5.10. The van der Waals surface area contributed by atoms with Gasteiger partial charge in [0.2, 0.25) is 0 Å². The number of rotatable bonds is 3. The van der Waals surface area contributed by atoms with E-state index in [-0.39, 0.29) is 24.0 Å². The van der Waals surface area contributed by atoms with Crippen molar-refractivity contribution in [3.63, 3.8) is 0 Å². The second-order valence-electron chi connectivity index (χ2n) is 4.15. The molecule has 17 heavy (non-hydrogen) atoms. The second-order valence-corrected chi connectivity index (χ2v) is 4.15. The SMILES string of the molecule is CN=C(NCc1c(C)noc1C)NC1CC1.I. The van der Waals surface area contributed by atoms with Crippen LogP contribution >= 0.6 is 24.0 Å². The van der Waals surface area contributed by atoms with E-state index in [1.807, 2.05) is 13.8 Å². The van der Waals surface area contributed by atoms with Crippen LogP contribution in [0.3, 0.4) is 0 Å². The van der Waals surface area contributed by atoms with E-state index in [2.05, 4.69) is 20.8 Å². The van der Waals surface area contributed by atoms with E-state index in [0.717, 1.165) is 23.0 Å². The maximum Gasteiger partial charge on any atom is 0.191 e. The van der Waals surface area contributed by atoms with E-state index in [4.69, 9.17) is 4.52 Å². The molecule has 6 heteroatoms. The van der Waals surface area contributed by atoms with Gasteiger partial charge in [0.1, 0.15) is 5.76 Å². The summed E-state index contributed by atoms with van der Waals surface area (Å²) in [6.07, 6.45) is 2.48. The Morgan fingerprint density at radius 2 is 2.18 bits per heavy atom. The molecule has 2 N–H and O–H groups in total. The molecule has 0 atom stereocenters. The maximum atomic E-state index is 5.10. The van der Waals surface area contributed by atoms with Gasteiger partial charge in [-0.2, -0.15) is 0 Å². The minimum atomic E-state index is 0. The summed E-state index contributed by atoms with van der Waals surface area (Å²) in [4.78, 5) is 4.17. The lowest BCUT2D eigenvalue weighted by atomic mass is 10.2. The Labute approximate surface area is 118 Å². The summed E-state index contributed by atoms with van der Waals surface area (Å²) in [5.41, 5.74) is 2.05. The fourth-order valence-electron chi connectivity index (χ4n) is 1.54. The topological polar surface area (TPSA) is 62.5 Å². The van der Waals surface area contributed by atoms with Crippen LogP contribution in [0, 0.1) is 13.8 Å². The van der Waals surface area contributed by atoms with E-state index < -0.39 is 0 Å². The smallest absolute Gasteiger partial charge is 0.191 e. The fraction of sp³-hybridized carbons (Fsp3) is 0.636. The van der Waals surface area contributed by atoms with Crippen LogP contribution in [0.5, 0.6) is 0 Å². The van der Waals surface area contributed by atoms with Crippen LogP contribution in [0.25, 0.3) is 0 Å². The van der Waals surface area contributed by atoms with Crippen molar-refractivity contribution in [1.82, 2.24) is 15.8 Å². The van der Waals surface area contributed by atoms with Crippen LogP contribution in [0.1, 0.15) is 29.9 Å². The molecule has 96 valence electrons. The molecule has 1 heterocycles. The Morgan fingerprint density at radius 1 is 1.47 bits per heavy atom. The molecule has 1 aliphatic carbocycles. The largest absolute Gasteiger partial charge is 0.361 e. The van der Waals surface area contributed by atoms with Crippen molar-refractivity contribution in [3.8, 4) is 0 Å². The van der Waals surface area contributed by atoms with Crippen molar-refractivity contribution >= 4 is 29.9 Å². The molecule has 1 aliphatic rings. The Hall–Kier alpha value is -0.790. The Morgan fingerprint density at radius 3 is 2.65 bits per heavy atom. The second kappa shape index (κ2) is 6.23. The first kappa shape index (κ1) is 14.3. The molecule has 1 aromatic rings. The van der Waals surface area contributed by atoms with Crippen molar-refractivity contribution in [2.75, 3.05) is 7.05 Å². The van der Waals surface area contributed by atoms with Gasteiger partial charge in [-0.25, -0.2) is 0 Å². The molecule has 0 spiro atoms. The number of hydrogen-bond acceptors (Lipinski definition) is 3. The standard InChI is InChI=1S/C11H18N4O.HI/c1-7-10(8(2)16-15-7)6-13-11(12-3)14-9-4-5-9;/h9H,4-6H2,1-3H3,(H2,12,13,14);1H. The van der Waals surface area contributed by atoms with Gasteiger partial charge in [-0.3, -0.25) is 4.99 Å². The molecule has 0 aliphatic heterocycles. The minimum absolute atomic E-state index is 0. The van der Waals surface area contributed by atoms with Crippen molar-refractivity contribution in [2.24, 2.45) is 4.99 Å². The molecule has 0 radical (unpaired) electrons. The van der Waals surface area contributed by atoms with Gasteiger partial charge in [0.05, 0.1) is 5.69 Å². The highest BCUT2D eigenvalue weighted by Gasteiger charge is 2.22. The van der Waals surface area contributed by atoms with Crippen LogP contribution < -0.4 is 10.6 Å². The number of nitrogens with zero attached hydrogens (tertiary/aromatic N) is 2. The van der Waals surface area contributed by atoms with E-state index in [1.54, 1.807) is 7.05 Å². The quantitative estimate of drug-likeness (QED) is 0.495. The molecule has 1 aromatic heterocycles. The predicted molar refractivity (Wildman–Crippen MR) is 77.7 cm³/mol. The molecule has 0 amide bonds. The summed E-state index contributed by atoms with van der Waals surface area (Å²) in [6, 6.07) is 0.607. The van der Waals surface area contributed by atoms with Crippen LogP contribution in [0.4, 0.5) is 0 Å². The first-order valence-corrected chi connectivity index (χ1v) is 5.59. The minimum Gasteiger partial charge on any atom is -0.361 e. The fourth-order valence-corrected chi connectivity index (χ4v) is 1.54. The van der Waals surface area contributed by atoms with Gasteiger partial charge in [0, 0.05) is 25.2 Å². The average Bonchev–Trinajstić information content (AvgIpc) is 3.03. The first-order chi connectivity index (χ1) is 7.70. The summed E-state index contributed by atoms with van der Waals surface area (Å²) in [5, 5.41) is 10.5. The molecule has 1 fully saturated rings. The van der Waals surface area contributed by atoms with Crippen molar-refractivity contribution in [2.45, 2.75) is 39.3 Å². The van der Waals surface area contributed by atoms with Crippen LogP contribution in [-0.2, 0) is 6.54 Å². The molecular weight excluding hydrogens is 331 g/mol. The normalized spacial score (nSPS) is 15.4. The molecule has 5 nitrogen and oxygen atoms in total. The Balaban J connectivity index is 0.00000144. The number of halogens is 1. The van der Waals surface area contributed by atoms with Crippen LogP contribution in [0.15, 0.2) is 9.52 Å². The number of guanidine groups is 1. The number of aryl methyl sites for hydroxylation is 2. The average molecular weight is 350 g/mol. The van der Waals surface area contributed by atoms with Crippen LogP contribution in [-0.4, -0.2) is 24.2 Å². The van der Waals surface area contributed by atoms with E-state index in [1.165, 1.54) is 12.8 Å². The van der Waals surface area contributed by atoms with E-state index >= 15 is 0 Å². The maximum absolute atomic E-state index is 5.10. The van der Waals surface area contributed by atoms with Gasteiger partial charge in [0.25, 0.3) is 0 Å². The third kappa shape index (κ3) is 3.86. The third-order valence-corrected chi connectivity index (χ3v) is 2.76. The van der Waals surface area contributed by atoms with Gasteiger partial charge in [0.15, 0.2) is 5.96 Å². The van der Waals surface area contributed by atoms with E-state index in [0.29, 0.717) is 12.6 Å². The first-order valence-electron chi connectivity index (χ1n) is 5.59. The van der Waals surface area contributed by atoms with Gasteiger partial charge < -0.3 is 15.2 Å². The molecule has 0 saturated heterocycles. The zero-order valence-corrected chi connectivity index (χ0v) is 12.7. The highest BCUT2D eigenvalue weighted by atomic mass is 127. The monoisotopic (exact) mass is 350 g/mol. The predicted octanol–water partition coefficient (Wildman–Crippen LogP) is 1.74. The van der Waals surface area contributed by atoms with Crippen molar-refractivity contribution < 1.29 is 4.52 Å². The van der Waals surface area contributed by atoms with Gasteiger partial charge >= 0.3 is 0 Å². The Bertz CT molecular complexity index is 379. The lowest BCUT2D eigenvalue weighted by molar-refractivity contribution is 0.392. The molecule has 0 aromatic carbocycles. The highest BCUT2D eigenvalue weighted by molar-refractivity contribution is 14.0. The van der Waals surface area contributed by atoms with Crippen molar-refractivity contribution in [3.05, 3.63) is 17.0 Å². The zero-order chi connectivity index (χ0) is 11.5. The lowest BCUT2D eigenvalue weighted by Gasteiger charge is -2.10. The number of aromatic nitrogens is 1. The molecular formula is C11H19IN4O. The molecule has 0 bridgehead atoms. The highest BCUT2D eigenvalue weighted by Crippen LogP contribution is 2.18. The lowest BCUT2D eigenvalue weighted by Crippen LogP contribution is -2.38. The van der Waals surface area contributed by atoms with Crippen molar-refractivity contribution in [1.29, 1.82) is 0 Å². The van der Waals surface area contributed by atoms with Gasteiger partial charge in [-0.05, 0) is 26.7 Å². The number of hydrogen-bond donors (Lipinski definition) is 2. The zero-order valence-electron chi connectivity index (χ0n) is 10.4. The van der Waals surface area contributed by atoms with Gasteiger partial charge in [-0.1, -0.05) is 5.16 Å².